The first kappa shape index (κ1) is 13.8. The van der Waals surface area contributed by atoms with Gasteiger partial charge in [-0.3, -0.25) is 0 Å². The fourth-order valence-corrected chi connectivity index (χ4v) is 2.31. The van der Waals surface area contributed by atoms with Crippen molar-refractivity contribution >= 4 is 5.97 Å². The highest BCUT2D eigenvalue weighted by atomic mass is 19.2. The lowest BCUT2D eigenvalue weighted by Crippen LogP contribution is -2.28. The lowest BCUT2D eigenvalue weighted by molar-refractivity contribution is 0.0683. The van der Waals surface area contributed by atoms with Crippen molar-refractivity contribution in [2.75, 3.05) is 13.1 Å². The van der Waals surface area contributed by atoms with Crippen LogP contribution in [0, 0.1) is 23.3 Å². The molecule has 0 amide bonds. The Labute approximate surface area is 106 Å². The molecule has 1 aliphatic heterocycles. The van der Waals surface area contributed by atoms with Crippen LogP contribution in [0.15, 0.2) is 0 Å². The number of carbonyl (C=O) groups is 1. The minimum Gasteiger partial charge on any atom is -0.477 e. The number of carboxylic acid groups (broad SMARTS) is 1. The Morgan fingerprint density at radius 3 is 1.89 bits per heavy atom. The van der Waals surface area contributed by atoms with E-state index in [1.165, 1.54) is 0 Å². The molecule has 0 bridgehead atoms. The maximum absolute atomic E-state index is 13.8. The lowest BCUT2D eigenvalue weighted by atomic mass is 9.88. The third kappa shape index (κ3) is 2.30. The monoisotopic (exact) mass is 277 g/mol. The SMILES string of the molecule is O=C(O)c1c(F)c(F)c(C2CCNCC2)c(F)c1F. The molecule has 1 fully saturated rings. The normalized spacial score (nSPS) is 16.6. The molecule has 1 aromatic carbocycles. The summed E-state index contributed by atoms with van der Waals surface area (Å²) in [7, 11) is 0. The van der Waals surface area contributed by atoms with Crippen LogP contribution in [0.1, 0.15) is 34.7 Å². The molecule has 1 heterocycles. The van der Waals surface area contributed by atoms with Crippen molar-refractivity contribution in [3.8, 4) is 0 Å². The highest BCUT2D eigenvalue weighted by Crippen LogP contribution is 2.33. The predicted octanol–water partition coefficient (Wildman–Crippen LogP) is 2.41. The van der Waals surface area contributed by atoms with Crippen LogP contribution in [-0.2, 0) is 0 Å². The standard InChI is InChI=1S/C12H11F4NO2/c13-8-6(5-1-3-17-4-2-5)9(14)11(16)7(10(8)15)12(18)19/h5,17H,1-4H2,(H,18,19). The van der Waals surface area contributed by atoms with Gasteiger partial charge >= 0.3 is 5.97 Å². The van der Waals surface area contributed by atoms with E-state index in [1.807, 2.05) is 0 Å². The minimum atomic E-state index is -2.04. The van der Waals surface area contributed by atoms with Crippen LogP contribution in [0.3, 0.4) is 0 Å². The highest BCUT2D eigenvalue weighted by Gasteiger charge is 2.32. The molecular formula is C12H11F4NO2. The van der Waals surface area contributed by atoms with Gasteiger partial charge in [-0.1, -0.05) is 0 Å². The molecule has 1 aliphatic rings. The molecule has 1 aromatic rings. The molecule has 19 heavy (non-hydrogen) atoms. The summed E-state index contributed by atoms with van der Waals surface area (Å²) < 4.78 is 54.6. The number of carboxylic acids is 1. The van der Waals surface area contributed by atoms with Gasteiger partial charge in [0.2, 0.25) is 0 Å². The van der Waals surface area contributed by atoms with Crippen LogP contribution >= 0.6 is 0 Å². The number of benzene rings is 1. The van der Waals surface area contributed by atoms with Crippen molar-refractivity contribution < 1.29 is 27.5 Å². The zero-order chi connectivity index (χ0) is 14.2. The van der Waals surface area contributed by atoms with E-state index in [4.69, 9.17) is 5.11 Å². The lowest BCUT2D eigenvalue weighted by Gasteiger charge is -2.24. The van der Waals surface area contributed by atoms with Gasteiger partial charge in [0.05, 0.1) is 0 Å². The first-order valence-electron chi connectivity index (χ1n) is 5.75. The molecule has 1 saturated heterocycles. The summed E-state index contributed by atoms with van der Waals surface area (Å²) in [6.07, 6.45) is 0.665. The fraction of sp³-hybridized carbons (Fsp3) is 0.417. The van der Waals surface area contributed by atoms with E-state index in [-0.39, 0.29) is 0 Å². The van der Waals surface area contributed by atoms with E-state index in [9.17, 15) is 22.4 Å². The molecule has 2 N–H and O–H groups in total. The van der Waals surface area contributed by atoms with Gasteiger partial charge in [0.15, 0.2) is 23.3 Å². The van der Waals surface area contributed by atoms with Crippen LogP contribution in [0.2, 0.25) is 0 Å². The smallest absolute Gasteiger partial charge is 0.341 e. The Balaban J connectivity index is 2.59. The molecule has 0 aromatic heterocycles. The molecule has 0 unspecified atom stereocenters. The molecule has 0 saturated carbocycles. The number of hydrogen-bond acceptors (Lipinski definition) is 2. The first-order chi connectivity index (χ1) is 8.95. The van der Waals surface area contributed by atoms with Crippen molar-refractivity contribution in [3.05, 3.63) is 34.4 Å². The van der Waals surface area contributed by atoms with E-state index in [1.54, 1.807) is 0 Å². The number of nitrogens with one attached hydrogen (secondary N) is 1. The largest absolute Gasteiger partial charge is 0.477 e. The third-order valence-electron chi connectivity index (χ3n) is 3.26. The van der Waals surface area contributed by atoms with Crippen LogP contribution < -0.4 is 5.32 Å². The summed E-state index contributed by atoms with van der Waals surface area (Å²) in [6, 6.07) is 0. The topological polar surface area (TPSA) is 49.3 Å². The summed E-state index contributed by atoms with van der Waals surface area (Å²) in [5.41, 5.74) is -2.28. The van der Waals surface area contributed by atoms with Crippen molar-refractivity contribution in [2.24, 2.45) is 0 Å². The summed E-state index contributed by atoms with van der Waals surface area (Å²) in [4.78, 5) is 10.6. The average Bonchev–Trinajstić information content (AvgIpc) is 2.38. The number of piperidine rings is 1. The van der Waals surface area contributed by atoms with Crippen LogP contribution in [0.25, 0.3) is 0 Å². The van der Waals surface area contributed by atoms with Crippen molar-refractivity contribution in [2.45, 2.75) is 18.8 Å². The van der Waals surface area contributed by atoms with E-state index in [2.05, 4.69) is 5.32 Å². The Bertz CT molecular complexity index is 498. The Hall–Kier alpha value is -1.63. The molecule has 0 aliphatic carbocycles. The van der Waals surface area contributed by atoms with Gasteiger partial charge in [0, 0.05) is 5.56 Å². The summed E-state index contributed by atoms with van der Waals surface area (Å²) in [5.74, 6) is -9.61. The summed E-state index contributed by atoms with van der Waals surface area (Å²) in [6.45, 7) is 0.959. The third-order valence-corrected chi connectivity index (χ3v) is 3.26. The summed E-state index contributed by atoms with van der Waals surface area (Å²) in [5, 5.41) is 11.5. The van der Waals surface area contributed by atoms with Crippen LogP contribution in [-0.4, -0.2) is 24.2 Å². The number of aromatic carboxylic acids is 1. The Morgan fingerprint density at radius 1 is 1.00 bits per heavy atom. The molecule has 7 heteroatoms. The van der Waals surface area contributed by atoms with Gasteiger partial charge in [-0.2, -0.15) is 0 Å². The first-order valence-corrected chi connectivity index (χ1v) is 5.75. The quantitative estimate of drug-likeness (QED) is 0.644. The van der Waals surface area contributed by atoms with E-state index in [0.717, 1.165) is 0 Å². The van der Waals surface area contributed by atoms with E-state index in [0.29, 0.717) is 25.9 Å². The fourth-order valence-electron chi connectivity index (χ4n) is 2.31. The average molecular weight is 277 g/mol. The van der Waals surface area contributed by atoms with E-state index < -0.39 is 46.3 Å². The number of halogens is 4. The van der Waals surface area contributed by atoms with Gasteiger partial charge in [-0.25, -0.2) is 22.4 Å². The Kier molecular flexibility index (Phi) is 3.75. The molecule has 0 radical (unpaired) electrons. The Morgan fingerprint density at radius 2 is 1.47 bits per heavy atom. The molecular weight excluding hydrogens is 266 g/mol. The predicted molar refractivity (Wildman–Crippen MR) is 58.1 cm³/mol. The molecule has 0 atom stereocenters. The molecule has 2 rings (SSSR count). The van der Waals surface area contributed by atoms with E-state index >= 15 is 0 Å². The second kappa shape index (κ2) is 5.16. The zero-order valence-electron chi connectivity index (χ0n) is 9.77. The van der Waals surface area contributed by atoms with Crippen LogP contribution in [0.5, 0.6) is 0 Å². The number of rotatable bonds is 2. The minimum absolute atomic E-state index is 0.332. The number of hydrogen-bond donors (Lipinski definition) is 2. The summed E-state index contributed by atoms with van der Waals surface area (Å²) >= 11 is 0. The van der Waals surface area contributed by atoms with Crippen molar-refractivity contribution in [3.63, 3.8) is 0 Å². The molecule has 3 nitrogen and oxygen atoms in total. The van der Waals surface area contributed by atoms with Gasteiger partial charge < -0.3 is 10.4 Å². The maximum Gasteiger partial charge on any atom is 0.341 e. The van der Waals surface area contributed by atoms with Crippen molar-refractivity contribution in [1.82, 2.24) is 5.32 Å². The molecule has 104 valence electrons. The maximum atomic E-state index is 13.8. The second-order valence-electron chi connectivity index (χ2n) is 4.37. The highest BCUT2D eigenvalue weighted by molar-refractivity contribution is 5.88. The van der Waals surface area contributed by atoms with Crippen molar-refractivity contribution in [1.29, 1.82) is 0 Å². The second-order valence-corrected chi connectivity index (χ2v) is 4.37. The zero-order valence-corrected chi connectivity index (χ0v) is 9.77. The van der Waals surface area contributed by atoms with Crippen LogP contribution in [0.4, 0.5) is 17.6 Å². The van der Waals surface area contributed by atoms with Gasteiger partial charge in [0.1, 0.15) is 5.56 Å². The van der Waals surface area contributed by atoms with Gasteiger partial charge in [-0.05, 0) is 31.8 Å². The molecule has 0 spiro atoms. The van der Waals surface area contributed by atoms with Gasteiger partial charge in [-0.15, -0.1) is 0 Å². The van der Waals surface area contributed by atoms with Gasteiger partial charge in [0.25, 0.3) is 0 Å².